The van der Waals surface area contributed by atoms with Crippen LogP contribution in [0.3, 0.4) is 0 Å². The lowest BCUT2D eigenvalue weighted by atomic mass is 10.1. The molecule has 1 N–H and O–H groups in total. The quantitative estimate of drug-likeness (QED) is 0.686. The fraction of sp³-hybridized carbons (Fsp3) is 0.533. The van der Waals surface area contributed by atoms with E-state index in [1.165, 1.54) is 18.4 Å². The van der Waals surface area contributed by atoms with Crippen LogP contribution in [-0.2, 0) is 11.2 Å². The van der Waals surface area contributed by atoms with E-state index in [2.05, 4.69) is 29.6 Å². The lowest BCUT2D eigenvalue weighted by molar-refractivity contribution is -0.121. The Morgan fingerprint density at radius 2 is 1.88 bits per heavy atom. The summed E-state index contributed by atoms with van der Waals surface area (Å²) in [7, 11) is 0. The Bertz CT molecular complexity index is 308. The Balaban J connectivity index is 1.96. The zero-order chi connectivity index (χ0) is 12.3. The molecule has 1 aromatic carbocycles. The van der Waals surface area contributed by atoms with Crippen molar-refractivity contribution in [3.63, 3.8) is 0 Å². The van der Waals surface area contributed by atoms with Crippen molar-refractivity contribution >= 4 is 5.91 Å². The number of aryl methyl sites for hydroxylation is 1. The topological polar surface area (TPSA) is 29.1 Å². The Kier molecular flexibility index (Phi) is 7.12. The van der Waals surface area contributed by atoms with Gasteiger partial charge < -0.3 is 5.32 Å². The molecule has 0 unspecified atom stereocenters. The standard InChI is InChI=1S/C15H23NO/c1-2-9-15(17)16-13-8-4-7-12-14-10-5-3-6-11-14/h3,5-6,10-11H,2,4,7-9,12-13H2,1H3,(H,16,17). The Morgan fingerprint density at radius 1 is 1.12 bits per heavy atom. The molecule has 0 saturated heterocycles. The first-order chi connectivity index (χ1) is 8.33. The summed E-state index contributed by atoms with van der Waals surface area (Å²) >= 11 is 0. The van der Waals surface area contributed by atoms with Crippen molar-refractivity contribution in [2.45, 2.75) is 45.4 Å². The molecule has 1 aromatic rings. The zero-order valence-electron chi connectivity index (χ0n) is 10.7. The predicted molar refractivity (Wildman–Crippen MR) is 71.9 cm³/mol. The maximum Gasteiger partial charge on any atom is 0.219 e. The predicted octanol–water partition coefficient (Wildman–Crippen LogP) is 3.32. The van der Waals surface area contributed by atoms with Gasteiger partial charge in [-0.25, -0.2) is 0 Å². The van der Waals surface area contributed by atoms with E-state index in [0.717, 1.165) is 25.8 Å². The highest BCUT2D eigenvalue weighted by molar-refractivity contribution is 5.75. The van der Waals surface area contributed by atoms with Gasteiger partial charge in [-0.05, 0) is 31.2 Å². The molecule has 0 aromatic heterocycles. The SMILES string of the molecule is CCCC(=O)NCCCCCc1ccccc1. The first-order valence-electron chi connectivity index (χ1n) is 6.63. The fourth-order valence-electron chi connectivity index (χ4n) is 1.82. The van der Waals surface area contributed by atoms with Crippen LogP contribution >= 0.6 is 0 Å². The third-order valence-corrected chi connectivity index (χ3v) is 2.78. The van der Waals surface area contributed by atoms with Crippen molar-refractivity contribution < 1.29 is 4.79 Å². The smallest absolute Gasteiger partial charge is 0.219 e. The van der Waals surface area contributed by atoms with Crippen molar-refractivity contribution in [3.05, 3.63) is 35.9 Å². The van der Waals surface area contributed by atoms with Crippen molar-refractivity contribution in [1.82, 2.24) is 5.32 Å². The van der Waals surface area contributed by atoms with Crippen LogP contribution in [0, 0.1) is 0 Å². The number of amides is 1. The first kappa shape index (κ1) is 13.8. The monoisotopic (exact) mass is 233 g/mol. The Labute approximate surface area is 104 Å². The minimum absolute atomic E-state index is 0.190. The lowest BCUT2D eigenvalue weighted by Crippen LogP contribution is -2.23. The highest BCUT2D eigenvalue weighted by atomic mass is 16.1. The van der Waals surface area contributed by atoms with Crippen molar-refractivity contribution in [2.75, 3.05) is 6.54 Å². The van der Waals surface area contributed by atoms with Crippen LogP contribution in [0.25, 0.3) is 0 Å². The molecule has 0 bridgehead atoms. The van der Waals surface area contributed by atoms with Gasteiger partial charge in [0.1, 0.15) is 0 Å². The van der Waals surface area contributed by atoms with Gasteiger partial charge in [-0.2, -0.15) is 0 Å². The van der Waals surface area contributed by atoms with E-state index in [1.807, 2.05) is 13.0 Å². The van der Waals surface area contributed by atoms with Gasteiger partial charge in [0.25, 0.3) is 0 Å². The maximum atomic E-state index is 11.2. The molecule has 2 heteroatoms. The fourth-order valence-corrected chi connectivity index (χ4v) is 1.82. The largest absolute Gasteiger partial charge is 0.356 e. The minimum atomic E-state index is 0.190. The maximum absolute atomic E-state index is 11.2. The molecule has 0 fully saturated rings. The van der Waals surface area contributed by atoms with Crippen LogP contribution < -0.4 is 5.32 Å². The van der Waals surface area contributed by atoms with E-state index in [-0.39, 0.29) is 5.91 Å². The third-order valence-electron chi connectivity index (χ3n) is 2.78. The van der Waals surface area contributed by atoms with E-state index in [4.69, 9.17) is 0 Å². The van der Waals surface area contributed by atoms with Gasteiger partial charge in [-0.1, -0.05) is 43.7 Å². The molecule has 0 atom stereocenters. The van der Waals surface area contributed by atoms with Crippen molar-refractivity contribution in [2.24, 2.45) is 0 Å². The molecule has 1 rings (SSSR count). The van der Waals surface area contributed by atoms with Crippen LogP contribution in [0.1, 0.15) is 44.6 Å². The molecule has 0 radical (unpaired) electrons. The molecule has 0 saturated carbocycles. The highest BCUT2D eigenvalue weighted by Crippen LogP contribution is 2.05. The van der Waals surface area contributed by atoms with Crippen molar-refractivity contribution in [3.8, 4) is 0 Å². The minimum Gasteiger partial charge on any atom is -0.356 e. The number of hydrogen-bond acceptors (Lipinski definition) is 1. The third kappa shape index (κ3) is 6.77. The normalized spacial score (nSPS) is 10.2. The van der Waals surface area contributed by atoms with Crippen LogP contribution in [0.5, 0.6) is 0 Å². The number of rotatable bonds is 8. The number of unbranched alkanes of at least 4 members (excludes halogenated alkanes) is 2. The number of carbonyl (C=O) groups is 1. The molecule has 0 heterocycles. The average Bonchev–Trinajstić information content (AvgIpc) is 2.35. The Morgan fingerprint density at radius 3 is 2.59 bits per heavy atom. The summed E-state index contributed by atoms with van der Waals surface area (Å²) in [5.74, 6) is 0.190. The zero-order valence-corrected chi connectivity index (χ0v) is 10.7. The lowest BCUT2D eigenvalue weighted by Gasteiger charge is -2.04. The molecule has 0 aliphatic rings. The van der Waals surface area contributed by atoms with Gasteiger partial charge in [0.05, 0.1) is 0 Å². The molecular weight excluding hydrogens is 210 g/mol. The van der Waals surface area contributed by atoms with Gasteiger partial charge in [0, 0.05) is 13.0 Å². The van der Waals surface area contributed by atoms with E-state index in [9.17, 15) is 4.79 Å². The number of benzene rings is 1. The van der Waals surface area contributed by atoms with Crippen LogP contribution in [0.2, 0.25) is 0 Å². The summed E-state index contributed by atoms with van der Waals surface area (Å²) in [6, 6.07) is 10.6. The summed E-state index contributed by atoms with van der Waals surface area (Å²) in [6.07, 6.45) is 6.20. The summed E-state index contributed by atoms with van der Waals surface area (Å²) in [5.41, 5.74) is 1.41. The molecule has 1 amide bonds. The van der Waals surface area contributed by atoms with Crippen molar-refractivity contribution in [1.29, 1.82) is 0 Å². The summed E-state index contributed by atoms with van der Waals surface area (Å²) in [5, 5.41) is 2.94. The van der Waals surface area contributed by atoms with Crippen LogP contribution in [0.4, 0.5) is 0 Å². The molecular formula is C15H23NO. The van der Waals surface area contributed by atoms with Gasteiger partial charge in [-0.15, -0.1) is 0 Å². The Hall–Kier alpha value is -1.31. The van der Waals surface area contributed by atoms with E-state index in [0.29, 0.717) is 6.42 Å². The van der Waals surface area contributed by atoms with Gasteiger partial charge >= 0.3 is 0 Å². The molecule has 0 spiro atoms. The van der Waals surface area contributed by atoms with Crippen LogP contribution in [-0.4, -0.2) is 12.5 Å². The number of nitrogens with one attached hydrogen (secondary N) is 1. The summed E-state index contributed by atoms with van der Waals surface area (Å²) < 4.78 is 0. The second kappa shape index (κ2) is 8.80. The van der Waals surface area contributed by atoms with E-state index < -0.39 is 0 Å². The molecule has 94 valence electrons. The molecule has 0 aliphatic carbocycles. The van der Waals surface area contributed by atoms with E-state index in [1.54, 1.807) is 0 Å². The van der Waals surface area contributed by atoms with Gasteiger partial charge in [0.15, 0.2) is 0 Å². The second-order valence-electron chi connectivity index (χ2n) is 4.40. The van der Waals surface area contributed by atoms with Crippen LogP contribution in [0.15, 0.2) is 30.3 Å². The molecule has 2 nitrogen and oxygen atoms in total. The number of hydrogen-bond donors (Lipinski definition) is 1. The van der Waals surface area contributed by atoms with Gasteiger partial charge in [0.2, 0.25) is 5.91 Å². The van der Waals surface area contributed by atoms with E-state index >= 15 is 0 Å². The average molecular weight is 233 g/mol. The first-order valence-corrected chi connectivity index (χ1v) is 6.63. The summed E-state index contributed by atoms with van der Waals surface area (Å²) in [4.78, 5) is 11.2. The summed E-state index contributed by atoms with van der Waals surface area (Å²) in [6.45, 7) is 2.85. The molecule has 0 aliphatic heterocycles. The molecule has 17 heavy (non-hydrogen) atoms. The van der Waals surface area contributed by atoms with Gasteiger partial charge in [-0.3, -0.25) is 4.79 Å². The number of carbonyl (C=O) groups excluding carboxylic acids is 1. The highest BCUT2D eigenvalue weighted by Gasteiger charge is 1.97. The second-order valence-corrected chi connectivity index (χ2v) is 4.40.